The van der Waals surface area contributed by atoms with Gasteiger partial charge in [0.1, 0.15) is 6.61 Å². The minimum absolute atomic E-state index is 0.708. The van der Waals surface area contributed by atoms with Gasteiger partial charge in [-0.15, -0.1) is 6.42 Å². The number of hydrogen-bond acceptors (Lipinski definition) is 2. The number of ether oxygens (including phenoxy) is 1. The van der Waals surface area contributed by atoms with E-state index in [4.69, 9.17) is 11.2 Å². The van der Waals surface area contributed by atoms with Crippen LogP contribution in [0.3, 0.4) is 0 Å². The van der Waals surface area contributed by atoms with E-state index in [2.05, 4.69) is 24.7 Å². The zero-order valence-electron chi connectivity index (χ0n) is 7.92. The van der Waals surface area contributed by atoms with Gasteiger partial charge in [0, 0.05) is 12.6 Å². The van der Waals surface area contributed by atoms with Crippen molar-refractivity contribution >= 4 is 0 Å². The van der Waals surface area contributed by atoms with Gasteiger partial charge in [-0.25, -0.2) is 0 Å². The lowest BCUT2D eigenvalue weighted by molar-refractivity contribution is 0.186. The van der Waals surface area contributed by atoms with Crippen LogP contribution in [-0.4, -0.2) is 31.1 Å². The van der Waals surface area contributed by atoms with E-state index in [-0.39, 0.29) is 0 Å². The zero-order chi connectivity index (χ0) is 9.23. The molecule has 0 saturated carbocycles. The number of likely N-dealkylation sites (N-methyl/N-ethyl adjacent to an activating group) is 1. The van der Waals surface area contributed by atoms with Crippen LogP contribution < -0.4 is 0 Å². The highest BCUT2D eigenvalue weighted by Crippen LogP contribution is 1.87. The average molecular weight is 167 g/mol. The van der Waals surface area contributed by atoms with Crippen LogP contribution in [0.25, 0.3) is 0 Å². The number of rotatable bonds is 6. The quantitative estimate of drug-likeness (QED) is 0.337. The Morgan fingerprint density at radius 3 is 2.58 bits per heavy atom. The van der Waals surface area contributed by atoms with Crippen molar-refractivity contribution in [2.24, 2.45) is 0 Å². The molecule has 0 saturated heterocycles. The van der Waals surface area contributed by atoms with Crippen LogP contribution in [-0.2, 0) is 4.74 Å². The summed E-state index contributed by atoms with van der Waals surface area (Å²) in [6.07, 6.45) is 8.11. The smallest absolute Gasteiger partial charge is 0.100 e. The lowest BCUT2D eigenvalue weighted by Crippen LogP contribution is -2.26. The summed E-state index contributed by atoms with van der Waals surface area (Å²) in [5, 5.41) is 0. The zero-order valence-corrected chi connectivity index (χ0v) is 7.92. The van der Waals surface area contributed by atoms with E-state index in [0.717, 1.165) is 19.6 Å². The van der Waals surface area contributed by atoms with Gasteiger partial charge in [-0.3, -0.25) is 0 Å². The first kappa shape index (κ1) is 11.1. The second-order valence-corrected chi connectivity index (χ2v) is 2.37. The summed E-state index contributed by atoms with van der Waals surface area (Å²) in [4.78, 5) is 2.30. The molecule has 0 radical (unpaired) electrons. The van der Waals surface area contributed by atoms with E-state index in [1.165, 1.54) is 0 Å². The Hall–Kier alpha value is -0.940. The van der Waals surface area contributed by atoms with Crippen LogP contribution in [0.2, 0.25) is 0 Å². The summed E-state index contributed by atoms with van der Waals surface area (Å²) < 4.78 is 5.14. The van der Waals surface area contributed by atoms with Gasteiger partial charge in [0.25, 0.3) is 0 Å². The maximum atomic E-state index is 5.14. The third-order valence-electron chi connectivity index (χ3n) is 1.68. The molecular weight excluding hydrogens is 150 g/mol. The van der Waals surface area contributed by atoms with Gasteiger partial charge < -0.3 is 9.64 Å². The third-order valence-corrected chi connectivity index (χ3v) is 1.68. The predicted molar refractivity (Wildman–Crippen MR) is 51.7 cm³/mol. The maximum Gasteiger partial charge on any atom is 0.100 e. The van der Waals surface area contributed by atoms with E-state index >= 15 is 0 Å². The van der Waals surface area contributed by atoms with E-state index in [9.17, 15) is 0 Å². The minimum Gasteiger partial charge on any atom is -0.499 e. The van der Waals surface area contributed by atoms with E-state index in [1.807, 2.05) is 0 Å². The molecule has 12 heavy (non-hydrogen) atoms. The lowest BCUT2D eigenvalue weighted by atomic mass is 10.5. The van der Waals surface area contributed by atoms with Crippen LogP contribution in [0.1, 0.15) is 13.8 Å². The summed E-state index contributed by atoms with van der Waals surface area (Å²) in [5.41, 5.74) is 0. The molecule has 2 nitrogen and oxygen atoms in total. The Balaban J connectivity index is 3.30. The molecule has 0 fully saturated rings. The van der Waals surface area contributed by atoms with Gasteiger partial charge in [0.15, 0.2) is 0 Å². The minimum atomic E-state index is 0.708. The second-order valence-electron chi connectivity index (χ2n) is 2.37. The molecule has 0 spiro atoms. The number of nitrogens with zero attached hydrogens (tertiary/aromatic N) is 1. The SMILES string of the molecule is C#CC=COCCN(CC)CC. The molecule has 0 aromatic carbocycles. The van der Waals surface area contributed by atoms with Gasteiger partial charge in [-0.05, 0) is 13.1 Å². The molecule has 0 aromatic heterocycles. The molecule has 0 N–H and O–H groups in total. The second kappa shape index (κ2) is 8.16. The molecule has 0 aliphatic rings. The van der Waals surface area contributed by atoms with Gasteiger partial charge >= 0.3 is 0 Å². The first-order chi connectivity index (χ1) is 5.85. The molecule has 0 aliphatic heterocycles. The van der Waals surface area contributed by atoms with Crippen molar-refractivity contribution in [2.75, 3.05) is 26.2 Å². The fourth-order valence-electron chi connectivity index (χ4n) is 0.877. The summed E-state index contributed by atoms with van der Waals surface area (Å²) >= 11 is 0. The summed E-state index contributed by atoms with van der Waals surface area (Å²) in [6.45, 7) is 8.08. The van der Waals surface area contributed by atoms with Gasteiger partial charge in [0.05, 0.1) is 6.26 Å². The van der Waals surface area contributed by atoms with Crippen molar-refractivity contribution in [2.45, 2.75) is 13.8 Å². The van der Waals surface area contributed by atoms with Crippen molar-refractivity contribution in [1.29, 1.82) is 0 Å². The molecule has 0 rings (SSSR count). The highest BCUT2D eigenvalue weighted by molar-refractivity contribution is 5.05. The molecule has 2 heteroatoms. The first-order valence-electron chi connectivity index (χ1n) is 4.30. The molecule has 0 atom stereocenters. The summed E-state index contributed by atoms with van der Waals surface area (Å²) in [5.74, 6) is 2.36. The van der Waals surface area contributed by atoms with E-state index < -0.39 is 0 Å². The first-order valence-corrected chi connectivity index (χ1v) is 4.30. The summed E-state index contributed by atoms with van der Waals surface area (Å²) in [6, 6.07) is 0. The van der Waals surface area contributed by atoms with Crippen molar-refractivity contribution in [3.63, 3.8) is 0 Å². The molecular formula is C10H17NO. The molecule has 0 bridgehead atoms. The Kier molecular flexibility index (Phi) is 7.52. The fourth-order valence-corrected chi connectivity index (χ4v) is 0.877. The lowest BCUT2D eigenvalue weighted by Gasteiger charge is -2.16. The number of hydrogen-bond donors (Lipinski definition) is 0. The Morgan fingerprint density at radius 1 is 1.42 bits per heavy atom. The van der Waals surface area contributed by atoms with Crippen molar-refractivity contribution < 1.29 is 4.74 Å². The molecule has 0 amide bonds. The Labute approximate surface area is 75.2 Å². The number of terminal acetylenes is 1. The predicted octanol–water partition coefficient (Wildman–Crippen LogP) is 1.49. The molecule has 0 aromatic rings. The average Bonchev–Trinajstić information content (AvgIpc) is 2.11. The highest BCUT2D eigenvalue weighted by Gasteiger charge is 1.96. The van der Waals surface area contributed by atoms with Crippen LogP contribution in [0.4, 0.5) is 0 Å². The number of allylic oxidation sites excluding steroid dienone is 1. The molecule has 0 unspecified atom stereocenters. The fraction of sp³-hybridized carbons (Fsp3) is 0.600. The summed E-state index contributed by atoms with van der Waals surface area (Å²) in [7, 11) is 0. The standard InChI is InChI=1S/C10H17NO/c1-4-7-9-12-10-8-11(5-2)6-3/h1,7,9H,5-6,8,10H2,2-3H3. The molecule has 0 aliphatic carbocycles. The molecule has 68 valence electrons. The van der Waals surface area contributed by atoms with Crippen molar-refractivity contribution in [3.8, 4) is 12.3 Å². The highest BCUT2D eigenvalue weighted by atomic mass is 16.5. The monoisotopic (exact) mass is 167 g/mol. The largest absolute Gasteiger partial charge is 0.499 e. The van der Waals surface area contributed by atoms with Crippen LogP contribution in [0.5, 0.6) is 0 Å². The van der Waals surface area contributed by atoms with Crippen LogP contribution in [0.15, 0.2) is 12.3 Å². The normalized spacial score (nSPS) is 10.5. The van der Waals surface area contributed by atoms with E-state index in [1.54, 1.807) is 12.3 Å². The van der Waals surface area contributed by atoms with Crippen molar-refractivity contribution in [3.05, 3.63) is 12.3 Å². The van der Waals surface area contributed by atoms with Crippen LogP contribution in [0, 0.1) is 12.3 Å². The third kappa shape index (κ3) is 5.82. The Bertz CT molecular complexity index is 154. The molecule has 0 heterocycles. The van der Waals surface area contributed by atoms with Gasteiger partial charge in [0.2, 0.25) is 0 Å². The topological polar surface area (TPSA) is 12.5 Å². The Morgan fingerprint density at radius 2 is 2.08 bits per heavy atom. The van der Waals surface area contributed by atoms with Crippen LogP contribution >= 0.6 is 0 Å². The van der Waals surface area contributed by atoms with Gasteiger partial charge in [-0.1, -0.05) is 19.8 Å². The van der Waals surface area contributed by atoms with E-state index in [0.29, 0.717) is 6.61 Å². The van der Waals surface area contributed by atoms with Crippen molar-refractivity contribution in [1.82, 2.24) is 4.90 Å². The van der Waals surface area contributed by atoms with Gasteiger partial charge in [-0.2, -0.15) is 0 Å². The maximum absolute atomic E-state index is 5.14.